The third kappa shape index (κ3) is 4.13. The van der Waals surface area contributed by atoms with E-state index in [1.54, 1.807) is 24.1 Å². The Hall–Kier alpha value is -1.46. The lowest BCUT2D eigenvalue weighted by atomic mass is 10.1. The SMILES string of the molecule is Cc1ccc(C(=O)NC(=S)N(C)CCO)cc1. The summed E-state index contributed by atoms with van der Waals surface area (Å²) in [5.74, 6) is -0.236. The summed E-state index contributed by atoms with van der Waals surface area (Å²) in [7, 11) is 1.72. The molecule has 2 N–H and O–H groups in total. The normalized spacial score (nSPS) is 9.82. The summed E-state index contributed by atoms with van der Waals surface area (Å²) in [5.41, 5.74) is 1.66. The van der Waals surface area contributed by atoms with Crippen molar-refractivity contribution in [2.45, 2.75) is 6.92 Å². The lowest BCUT2D eigenvalue weighted by Crippen LogP contribution is -2.41. The highest BCUT2D eigenvalue weighted by Crippen LogP contribution is 2.03. The van der Waals surface area contributed by atoms with E-state index in [1.807, 2.05) is 19.1 Å². The summed E-state index contributed by atoms with van der Waals surface area (Å²) >= 11 is 5.03. The van der Waals surface area contributed by atoms with Gasteiger partial charge < -0.3 is 10.0 Å². The van der Waals surface area contributed by atoms with Crippen molar-refractivity contribution in [1.82, 2.24) is 10.2 Å². The van der Waals surface area contributed by atoms with Crippen LogP contribution < -0.4 is 5.32 Å². The standard InChI is InChI=1S/C12H16N2O2S/c1-9-3-5-10(6-4-9)11(16)13-12(17)14(2)7-8-15/h3-6,15H,7-8H2,1-2H3,(H,13,16,17). The molecular weight excluding hydrogens is 236 g/mol. The van der Waals surface area contributed by atoms with Crippen molar-refractivity contribution in [1.29, 1.82) is 0 Å². The summed E-state index contributed by atoms with van der Waals surface area (Å²) in [4.78, 5) is 13.4. The number of aliphatic hydroxyl groups excluding tert-OH is 1. The molecule has 0 heterocycles. The van der Waals surface area contributed by atoms with Gasteiger partial charge in [0.1, 0.15) is 0 Å². The molecule has 0 radical (unpaired) electrons. The molecule has 1 aromatic carbocycles. The molecule has 1 aromatic rings. The highest BCUT2D eigenvalue weighted by Gasteiger charge is 2.09. The second-order valence-electron chi connectivity index (χ2n) is 3.77. The second kappa shape index (κ2) is 6.32. The van der Waals surface area contributed by atoms with Crippen LogP contribution in [0.3, 0.4) is 0 Å². The first-order chi connectivity index (χ1) is 8.04. The first-order valence-electron chi connectivity index (χ1n) is 5.28. The van der Waals surface area contributed by atoms with Crippen molar-refractivity contribution in [3.63, 3.8) is 0 Å². The molecular formula is C12H16N2O2S. The molecule has 0 aromatic heterocycles. The van der Waals surface area contributed by atoms with Crippen LogP contribution in [-0.2, 0) is 0 Å². The van der Waals surface area contributed by atoms with Crippen LogP contribution in [0.2, 0.25) is 0 Å². The number of amides is 1. The van der Waals surface area contributed by atoms with Crippen molar-refractivity contribution in [3.05, 3.63) is 35.4 Å². The fourth-order valence-electron chi connectivity index (χ4n) is 1.22. The van der Waals surface area contributed by atoms with Gasteiger partial charge >= 0.3 is 0 Å². The number of thiocarbonyl (C=S) groups is 1. The third-order valence-electron chi connectivity index (χ3n) is 2.32. The number of hydrogen-bond acceptors (Lipinski definition) is 3. The number of aliphatic hydroxyl groups is 1. The zero-order chi connectivity index (χ0) is 12.8. The summed E-state index contributed by atoms with van der Waals surface area (Å²) < 4.78 is 0. The van der Waals surface area contributed by atoms with E-state index >= 15 is 0 Å². The van der Waals surface area contributed by atoms with E-state index in [0.717, 1.165) is 5.56 Å². The van der Waals surface area contributed by atoms with Crippen molar-refractivity contribution in [3.8, 4) is 0 Å². The van der Waals surface area contributed by atoms with Crippen molar-refractivity contribution < 1.29 is 9.90 Å². The van der Waals surface area contributed by atoms with E-state index in [4.69, 9.17) is 17.3 Å². The molecule has 1 amide bonds. The average Bonchev–Trinajstić information content (AvgIpc) is 2.30. The van der Waals surface area contributed by atoms with Crippen molar-refractivity contribution >= 4 is 23.2 Å². The van der Waals surface area contributed by atoms with Crippen LogP contribution >= 0.6 is 12.2 Å². The fraction of sp³-hybridized carbons (Fsp3) is 0.333. The van der Waals surface area contributed by atoms with E-state index in [0.29, 0.717) is 17.2 Å². The maximum Gasteiger partial charge on any atom is 0.257 e. The Kier molecular flexibility index (Phi) is 5.06. The van der Waals surface area contributed by atoms with Gasteiger partial charge in [-0.15, -0.1) is 0 Å². The molecule has 0 saturated heterocycles. The molecule has 0 aliphatic rings. The number of nitrogens with zero attached hydrogens (tertiary/aromatic N) is 1. The van der Waals surface area contributed by atoms with E-state index in [1.165, 1.54) is 0 Å². The quantitative estimate of drug-likeness (QED) is 0.786. The molecule has 17 heavy (non-hydrogen) atoms. The summed E-state index contributed by atoms with van der Waals surface area (Å²) in [6, 6.07) is 7.24. The number of carbonyl (C=O) groups excluding carboxylic acids is 1. The van der Waals surface area contributed by atoms with Gasteiger partial charge in [0.2, 0.25) is 0 Å². The van der Waals surface area contributed by atoms with Crippen LogP contribution in [0.15, 0.2) is 24.3 Å². The second-order valence-corrected chi connectivity index (χ2v) is 4.16. The Balaban J connectivity index is 2.60. The Morgan fingerprint density at radius 1 is 1.41 bits per heavy atom. The molecule has 0 fully saturated rings. The molecule has 5 heteroatoms. The van der Waals surface area contributed by atoms with E-state index in [-0.39, 0.29) is 12.5 Å². The van der Waals surface area contributed by atoms with Gasteiger partial charge in [0.05, 0.1) is 6.61 Å². The number of nitrogens with one attached hydrogen (secondary N) is 1. The minimum atomic E-state index is -0.236. The number of carbonyl (C=O) groups is 1. The third-order valence-corrected chi connectivity index (χ3v) is 2.73. The number of hydrogen-bond donors (Lipinski definition) is 2. The van der Waals surface area contributed by atoms with Gasteiger partial charge in [0.25, 0.3) is 5.91 Å². The molecule has 0 atom stereocenters. The van der Waals surface area contributed by atoms with Crippen LogP contribution in [0.25, 0.3) is 0 Å². The topological polar surface area (TPSA) is 52.6 Å². The van der Waals surface area contributed by atoms with Gasteiger partial charge in [0, 0.05) is 19.2 Å². The van der Waals surface area contributed by atoms with Crippen LogP contribution in [0, 0.1) is 6.92 Å². The number of rotatable bonds is 3. The van der Waals surface area contributed by atoms with E-state index in [9.17, 15) is 4.79 Å². The predicted octanol–water partition coefficient (Wildman–Crippen LogP) is 0.934. The lowest BCUT2D eigenvalue weighted by Gasteiger charge is -2.18. The van der Waals surface area contributed by atoms with Gasteiger partial charge in [-0.3, -0.25) is 10.1 Å². The summed E-state index contributed by atoms with van der Waals surface area (Å²) in [5, 5.41) is 11.7. The van der Waals surface area contributed by atoms with Gasteiger partial charge in [-0.25, -0.2) is 0 Å². The van der Waals surface area contributed by atoms with Crippen molar-refractivity contribution in [2.75, 3.05) is 20.2 Å². The monoisotopic (exact) mass is 252 g/mol. The molecule has 0 aliphatic heterocycles. The molecule has 0 bridgehead atoms. The number of aryl methyl sites for hydroxylation is 1. The Labute approximate surface area is 106 Å². The first kappa shape index (κ1) is 13.6. The lowest BCUT2D eigenvalue weighted by molar-refractivity contribution is 0.0973. The maximum atomic E-state index is 11.8. The summed E-state index contributed by atoms with van der Waals surface area (Å²) in [6.07, 6.45) is 0. The zero-order valence-corrected chi connectivity index (χ0v) is 10.8. The minimum Gasteiger partial charge on any atom is -0.395 e. The Morgan fingerprint density at radius 2 is 2.00 bits per heavy atom. The average molecular weight is 252 g/mol. The Bertz CT molecular complexity index is 403. The van der Waals surface area contributed by atoms with Gasteiger partial charge in [0.15, 0.2) is 5.11 Å². The Morgan fingerprint density at radius 3 is 2.53 bits per heavy atom. The van der Waals surface area contributed by atoms with Crippen molar-refractivity contribution in [2.24, 2.45) is 0 Å². The van der Waals surface area contributed by atoms with Gasteiger partial charge in [-0.2, -0.15) is 0 Å². The van der Waals surface area contributed by atoms with E-state index in [2.05, 4.69) is 5.32 Å². The van der Waals surface area contributed by atoms with Crippen LogP contribution in [0.1, 0.15) is 15.9 Å². The summed E-state index contributed by atoms with van der Waals surface area (Å²) in [6.45, 7) is 2.35. The zero-order valence-electron chi connectivity index (χ0n) is 9.93. The predicted molar refractivity (Wildman–Crippen MR) is 71.0 cm³/mol. The first-order valence-corrected chi connectivity index (χ1v) is 5.69. The molecule has 0 unspecified atom stereocenters. The minimum absolute atomic E-state index is 0.00293. The van der Waals surface area contributed by atoms with Crippen LogP contribution in [0.5, 0.6) is 0 Å². The molecule has 4 nitrogen and oxygen atoms in total. The molecule has 0 aliphatic carbocycles. The molecule has 1 rings (SSSR count). The molecule has 0 saturated carbocycles. The van der Waals surface area contributed by atoms with Gasteiger partial charge in [-0.05, 0) is 31.3 Å². The highest BCUT2D eigenvalue weighted by atomic mass is 32.1. The van der Waals surface area contributed by atoms with Crippen LogP contribution in [-0.4, -0.2) is 41.2 Å². The van der Waals surface area contributed by atoms with E-state index < -0.39 is 0 Å². The highest BCUT2D eigenvalue weighted by molar-refractivity contribution is 7.80. The molecule has 0 spiro atoms. The molecule has 92 valence electrons. The largest absolute Gasteiger partial charge is 0.395 e. The number of benzene rings is 1. The van der Waals surface area contributed by atoms with Crippen LogP contribution in [0.4, 0.5) is 0 Å². The smallest absolute Gasteiger partial charge is 0.257 e. The number of likely N-dealkylation sites (N-methyl/N-ethyl adjacent to an activating group) is 1. The maximum absolute atomic E-state index is 11.8. The fourth-order valence-corrected chi connectivity index (χ4v) is 1.41. The van der Waals surface area contributed by atoms with Gasteiger partial charge in [-0.1, -0.05) is 17.7 Å².